The Labute approximate surface area is 118 Å². The van der Waals surface area contributed by atoms with Crippen LogP contribution in [-0.2, 0) is 7.05 Å². The zero-order chi connectivity index (χ0) is 14.9. The van der Waals surface area contributed by atoms with Crippen molar-refractivity contribution < 1.29 is 9.90 Å². The molecule has 1 aliphatic carbocycles. The Balaban J connectivity index is 2.11. The molecule has 1 saturated carbocycles. The molecule has 2 N–H and O–H groups in total. The van der Waals surface area contributed by atoms with Gasteiger partial charge in [0.2, 0.25) is 0 Å². The maximum atomic E-state index is 12.2. The number of nitrogens with zero attached hydrogens (tertiary/aromatic N) is 1. The van der Waals surface area contributed by atoms with Crippen molar-refractivity contribution >= 4 is 5.91 Å². The molecule has 110 valence electrons. The molecule has 0 bridgehead atoms. The number of carbonyl (C=O) groups is 1. The van der Waals surface area contributed by atoms with Crippen molar-refractivity contribution in [3.8, 4) is 0 Å². The van der Waals surface area contributed by atoms with Crippen LogP contribution in [0, 0.1) is 12.8 Å². The molecule has 1 unspecified atom stereocenters. The lowest BCUT2D eigenvalue weighted by atomic mass is 9.76. The number of aromatic nitrogens is 1. The molecule has 1 fully saturated rings. The van der Waals surface area contributed by atoms with Crippen molar-refractivity contribution in [1.82, 2.24) is 9.88 Å². The van der Waals surface area contributed by atoms with Crippen LogP contribution in [0.1, 0.15) is 42.2 Å². The second-order valence-electron chi connectivity index (χ2n) is 5.68. The van der Waals surface area contributed by atoms with Gasteiger partial charge in [0.25, 0.3) is 5.91 Å². The molecule has 0 aromatic carbocycles. The van der Waals surface area contributed by atoms with Gasteiger partial charge in [-0.25, -0.2) is 0 Å². The third-order valence-electron chi connectivity index (χ3n) is 4.20. The van der Waals surface area contributed by atoms with Crippen molar-refractivity contribution in [2.75, 3.05) is 0 Å². The van der Waals surface area contributed by atoms with Gasteiger partial charge < -0.3 is 15.0 Å². The maximum Gasteiger partial charge on any atom is 0.256 e. The molecule has 1 amide bonds. The van der Waals surface area contributed by atoms with E-state index >= 15 is 0 Å². The van der Waals surface area contributed by atoms with E-state index in [-0.39, 0.29) is 29.0 Å². The summed E-state index contributed by atoms with van der Waals surface area (Å²) in [6.07, 6.45) is 3.60. The van der Waals surface area contributed by atoms with Crippen molar-refractivity contribution in [2.24, 2.45) is 13.0 Å². The van der Waals surface area contributed by atoms with Gasteiger partial charge in [-0.1, -0.05) is 6.92 Å². The molecule has 0 saturated heterocycles. The highest BCUT2D eigenvalue weighted by atomic mass is 16.3. The average Bonchev–Trinajstić information content (AvgIpc) is 2.36. The summed E-state index contributed by atoms with van der Waals surface area (Å²) in [6.45, 7) is 3.83. The molecule has 0 aliphatic heterocycles. The molecule has 1 atom stereocenters. The molecular formula is C15H22N2O3. The third kappa shape index (κ3) is 2.93. The normalized spacial score (nSPS) is 23.0. The Morgan fingerprint density at radius 3 is 2.75 bits per heavy atom. The summed E-state index contributed by atoms with van der Waals surface area (Å²) < 4.78 is 1.77. The predicted octanol–water partition coefficient (Wildman–Crippen LogP) is 0.973. The van der Waals surface area contributed by atoms with Gasteiger partial charge in [0.1, 0.15) is 5.56 Å². The van der Waals surface area contributed by atoms with Crippen LogP contribution in [0.2, 0.25) is 0 Å². The molecule has 20 heavy (non-hydrogen) atoms. The van der Waals surface area contributed by atoms with E-state index in [0.29, 0.717) is 5.92 Å². The van der Waals surface area contributed by atoms with E-state index in [9.17, 15) is 14.7 Å². The van der Waals surface area contributed by atoms with E-state index in [1.165, 1.54) is 6.07 Å². The standard InChI is InChI=1S/C15H22N2O3/c1-4-13(10-6-11(18)7-10)16-15(20)12-8-17(3)9(2)5-14(12)19/h5,8,10-11,13,18H,4,6-7H2,1-3H3,(H,16,20). The summed E-state index contributed by atoms with van der Waals surface area (Å²) in [4.78, 5) is 24.1. The summed E-state index contributed by atoms with van der Waals surface area (Å²) in [6, 6.07) is 1.50. The summed E-state index contributed by atoms with van der Waals surface area (Å²) in [5.74, 6) is -0.00732. The summed E-state index contributed by atoms with van der Waals surface area (Å²) >= 11 is 0. The Bertz CT molecular complexity index is 559. The highest BCUT2D eigenvalue weighted by molar-refractivity contribution is 5.94. The average molecular weight is 278 g/mol. The summed E-state index contributed by atoms with van der Waals surface area (Å²) in [5.41, 5.74) is 0.749. The number of pyridine rings is 1. The molecular weight excluding hydrogens is 256 g/mol. The second-order valence-corrected chi connectivity index (χ2v) is 5.68. The van der Waals surface area contributed by atoms with Gasteiger partial charge in [0.15, 0.2) is 5.43 Å². The number of nitrogens with one attached hydrogen (secondary N) is 1. The van der Waals surface area contributed by atoms with Crippen molar-refractivity contribution in [1.29, 1.82) is 0 Å². The van der Waals surface area contributed by atoms with Gasteiger partial charge in [-0.2, -0.15) is 0 Å². The molecule has 0 radical (unpaired) electrons. The number of aliphatic hydroxyl groups excluding tert-OH is 1. The zero-order valence-electron chi connectivity index (χ0n) is 12.2. The summed E-state index contributed by atoms with van der Waals surface area (Å²) in [5, 5.41) is 12.3. The van der Waals surface area contributed by atoms with Gasteiger partial charge in [-0.15, -0.1) is 0 Å². The quantitative estimate of drug-likeness (QED) is 0.862. The smallest absolute Gasteiger partial charge is 0.256 e. The molecule has 5 nitrogen and oxygen atoms in total. The first-order valence-corrected chi connectivity index (χ1v) is 7.08. The van der Waals surface area contributed by atoms with E-state index in [1.807, 2.05) is 20.9 Å². The molecule has 5 heteroatoms. The molecule has 0 spiro atoms. The van der Waals surface area contributed by atoms with Crippen molar-refractivity contribution in [2.45, 2.75) is 45.3 Å². The van der Waals surface area contributed by atoms with Gasteiger partial charge >= 0.3 is 0 Å². The lowest BCUT2D eigenvalue weighted by molar-refractivity contribution is 0.0232. The minimum Gasteiger partial charge on any atom is -0.393 e. The van der Waals surface area contributed by atoms with E-state index in [4.69, 9.17) is 0 Å². The van der Waals surface area contributed by atoms with Gasteiger partial charge in [0, 0.05) is 31.0 Å². The fourth-order valence-electron chi connectivity index (χ4n) is 2.66. The first-order valence-electron chi connectivity index (χ1n) is 7.08. The van der Waals surface area contributed by atoms with Crippen LogP contribution in [0.3, 0.4) is 0 Å². The van der Waals surface area contributed by atoms with Crippen LogP contribution in [0.15, 0.2) is 17.1 Å². The fourth-order valence-corrected chi connectivity index (χ4v) is 2.66. The van der Waals surface area contributed by atoms with Gasteiger partial charge in [0.05, 0.1) is 6.10 Å². The topological polar surface area (TPSA) is 71.3 Å². The second kappa shape index (κ2) is 5.79. The number of rotatable bonds is 4. The van der Waals surface area contributed by atoms with Gasteiger partial charge in [-0.3, -0.25) is 9.59 Å². The van der Waals surface area contributed by atoms with Crippen LogP contribution in [-0.4, -0.2) is 27.7 Å². The number of hydrogen-bond donors (Lipinski definition) is 2. The lowest BCUT2D eigenvalue weighted by Gasteiger charge is -2.37. The number of amides is 1. The molecule has 1 heterocycles. The van der Waals surface area contributed by atoms with E-state index < -0.39 is 0 Å². The predicted molar refractivity (Wildman–Crippen MR) is 76.7 cm³/mol. The SMILES string of the molecule is CCC(NC(=O)c1cn(C)c(C)cc1=O)C1CC(O)C1. The largest absolute Gasteiger partial charge is 0.393 e. The van der Waals surface area contributed by atoms with Crippen LogP contribution in [0.5, 0.6) is 0 Å². The minimum atomic E-state index is -0.321. The van der Waals surface area contributed by atoms with Crippen molar-refractivity contribution in [3.05, 3.63) is 33.7 Å². The molecule has 1 aliphatic rings. The van der Waals surface area contributed by atoms with Crippen LogP contribution < -0.4 is 10.7 Å². The van der Waals surface area contributed by atoms with E-state index in [0.717, 1.165) is 25.0 Å². The number of aliphatic hydroxyl groups is 1. The fraction of sp³-hybridized carbons (Fsp3) is 0.600. The monoisotopic (exact) mass is 278 g/mol. The van der Waals surface area contributed by atoms with Gasteiger partial charge in [-0.05, 0) is 32.1 Å². The number of aryl methyl sites for hydroxylation is 2. The van der Waals surface area contributed by atoms with E-state index in [1.54, 1.807) is 10.8 Å². The molecule has 1 aromatic rings. The Kier molecular flexibility index (Phi) is 4.28. The minimum absolute atomic E-state index is 0.0249. The number of hydrogen-bond acceptors (Lipinski definition) is 3. The highest BCUT2D eigenvalue weighted by Crippen LogP contribution is 2.31. The van der Waals surface area contributed by atoms with Crippen LogP contribution >= 0.6 is 0 Å². The third-order valence-corrected chi connectivity index (χ3v) is 4.20. The number of carbonyl (C=O) groups excluding carboxylic acids is 1. The lowest BCUT2D eigenvalue weighted by Crippen LogP contribution is -2.47. The zero-order valence-corrected chi connectivity index (χ0v) is 12.2. The van der Waals surface area contributed by atoms with Crippen LogP contribution in [0.4, 0.5) is 0 Å². The maximum absolute atomic E-state index is 12.2. The van der Waals surface area contributed by atoms with Crippen molar-refractivity contribution in [3.63, 3.8) is 0 Å². The first-order chi connectivity index (χ1) is 9.42. The highest BCUT2D eigenvalue weighted by Gasteiger charge is 2.34. The Morgan fingerprint density at radius 2 is 2.20 bits per heavy atom. The Hall–Kier alpha value is -1.62. The first kappa shape index (κ1) is 14.8. The molecule has 2 rings (SSSR count). The molecule has 1 aromatic heterocycles. The Morgan fingerprint density at radius 1 is 1.55 bits per heavy atom. The van der Waals surface area contributed by atoms with E-state index in [2.05, 4.69) is 5.32 Å². The van der Waals surface area contributed by atoms with Crippen LogP contribution in [0.25, 0.3) is 0 Å². The summed E-state index contributed by atoms with van der Waals surface area (Å²) in [7, 11) is 1.81.